The summed E-state index contributed by atoms with van der Waals surface area (Å²) in [6, 6.07) is 21.0. The van der Waals surface area contributed by atoms with Crippen molar-refractivity contribution in [1.29, 1.82) is 0 Å². The number of alkyl halides is 6. The zero-order valence-electron chi connectivity index (χ0n) is 21.0. The Bertz CT molecular complexity index is 1500. The van der Waals surface area contributed by atoms with Crippen molar-refractivity contribution in [3.8, 4) is 11.5 Å². The molecule has 41 heavy (non-hydrogen) atoms. The van der Waals surface area contributed by atoms with Crippen LogP contribution in [-0.4, -0.2) is 32.7 Å². The first-order chi connectivity index (χ1) is 19.3. The van der Waals surface area contributed by atoms with Crippen LogP contribution in [0.25, 0.3) is 0 Å². The monoisotopic (exact) mass is 596 g/mol. The number of nitrogens with one attached hydrogen (secondary N) is 1. The summed E-state index contributed by atoms with van der Waals surface area (Å²) in [5.41, 5.74) is -0.647. The molecule has 0 saturated carbocycles. The van der Waals surface area contributed by atoms with Crippen LogP contribution in [0.4, 0.5) is 26.3 Å². The van der Waals surface area contributed by atoms with Crippen LogP contribution in [0.5, 0.6) is 11.5 Å². The Balaban J connectivity index is 1.92. The lowest BCUT2D eigenvalue weighted by Crippen LogP contribution is -2.43. The summed E-state index contributed by atoms with van der Waals surface area (Å²) in [5.74, 6) is -1.18. The molecule has 0 amide bonds. The third-order valence-corrected chi connectivity index (χ3v) is 7.48. The molecule has 216 valence electrons. The first-order valence-electron chi connectivity index (χ1n) is 11.9. The van der Waals surface area contributed by atoms with Crippen LogP contribution in [-0.2, 0) is 21.9 Å². The van der Waals surface area contributed by atoms with Gasteiger partial charge in [-0.2, -0.15) is 0 Å². The summed E-state index contributed by atoms with van der Waals surface area (Å²) in [6.45, 7) is -0.468. The fourth-order valence-electron chi connectivity index (χ4n) is 4.37. The lowest BCUT2D eigenvalue weighted by atomic mass is 9.70. The van der Waals surface area contributed by atoms with Crippen molar-refractivity contribution in [2.45, 2.75) is 29.5 Å². The van der Waals surface area contributed by atoms with Gasteiger partial charge in [-0.25, -0.2) is 13.1 Å². The maximum atomic E-state index is 13.2. The van der Waals surface area contributed by atoms with E-state index in [1.807, 2.05) is 0 Å². The third kappa shape index (κ3) is 7.98. The second kappa shape index (κ2) is 11.8. The van der Waals surface area contributed by atoms with Gasteiger partial charge in [-0.05, 0) is 59.5 Å². The van der Waals surface area contributed by atoms with Crippen molar-refractivity contribution in [2.24, 2.45) is 0 Å². The van der Waals surface area contributed by atoms with E-state index in [1.165, 1.54) is 42.6 Å². The average Bonchev–Trinajstić information content (AvgIpc) is 2.90. The standard InChI is InChI=1S/C28H22F6N2O4S/c29-27(30,31)39-23-11-4-9-21(15-23)26(17-20-7-2-1-3-8-20,19-36-41(37,38)25-13-6-14-35-18-25)22-10-5-12-24(16-22)40-28(32,33)34/h1-16,18,36H,17,19H2. The van der Waals surface area contributed by atoms with Gasteiger partial charge in [0.15, 0.2) is 0 Å². The van der Waals surface area contributed by atoms with Gasteiger partial charge in [-0.3, -0.25) is 4.98 Å². The summed E-state index contributed by atoms with van der Waals surface area (Å²) in [6.07, 6.45) is -7.60. The van der Waals surface area contributed by atoms with Crippen LogP contribution in [0.1, 0.15) is 16.7 Å². The highest BCUT2D eigenvalue weighted by Crippen LogP contribution is 2.40. The van der Waals surface area contributed by atoms with Crippen molar-refractivity contribution in [1.82, 2.24) is 9.71 Å². The van der Waals surface area contributed by atoms with Crippen molar-refractivity contribution in [2.75, 3.05) is 6.54 Å². The molecule has 0 fully saturated rings. The summed E-state index contributed by atoms with van der Waals surface area (Å²) >= 11 is 0. The lowest BCUT2D eigenvalue weighted by molar-refractivity contribution is -0.275. The highest BCUT2D eigenvalue weighted by Gasteiger charge is 2.39. The van der Waals surface area contributed by atoms with E-state index in [9.17, 15) is 34.8 Å². The molecule has 4 aromatic rings. The van der Waals surface area contributed by atoms with Gasteiger partial charge in [0.2, 0.25) is 10.0 Å². The van der Waals surface area contributed by atoms with Gasteiger partial charge in [-0.15, -0.1) is 26.3 Å². The quantitative estimate of drug-likeness (QED) is 0.215. The van der Waals surface area contributed by atoms with Crippen molar-refractivity contribution < 1.29 is 44.2 Å². The minimum atomic E-state index is -5.02. The molecule has 0 spiro atoms. The van der Waals surface area contributed by atoms with Crippen LogP contribution in [0.3, 0.4) is 0 Å². The Morgan fingerprint density at radius 1 is 0.707 bits per heavy atom. The smallest absolute Gasteiger partial charge is 0.406 e. The number of aromatic nitrogens is 1. The highest BCUT2D eigenvalue weighted by atomic mass is 32.2. The molecule has 4 rings (SSSR count). The van der Waals surface area contributed by atoms with Gasteiger partial charge in [0.1, 0.15) is 16.4 Å². The van der Waals surface area contributed by atoms with Gasteiger partial charge >= 0.3 is 12.7 Å². The number of halogens is 6. The second-order valence-corrected chi connectivity index (χ2v) is 10.7. The molecule has 1 aromatic heterocycles. The number of benzene rings is 3. The maximum Gasteiger partial charge on any atom is 0.573 e. The molecule has 0 aliphatic rings. The highest BCUT2D eigenvalue weighted by molar-refractivity contribution is 7.89. The number of ether oxygens (including phenoxy) is 2. The van der Waals surface area contributed by atoms with E-state index in [1.54, 1.807) is 30.3 Å². The van der Waals surface area contributed by atoms with Gasteiger partial charge in [0.05, 0.1) is 0 Å². The fourth-order valence-corrected chi connectivity index (χ4v) is 5.43. The molecular weight excluding hydrogens is 574 g/mol. The van der Waals surface area contributed by atoms with Crippen LogP contribution >= 0.6 is 0 Å². The zero-order chi connectivity index (χ0) is 29.7. The van der Waals surface area contributed by atoms with Crippen molar-refractivity contribution in [3.63, 3.8) is 0 Å². The topological polar surface area (TPSA) is 77.5 Å². The Labute approximate surface area is 231 Å². The molecule has 0 aliphatic heterocycles. The van der Waals surface area contributed by atoms with E-state index in [0.717, 1.165) is 30.5 Å². The van der Waals surface area contributed by atoms with Crippen molar-refractivity contribution in [3.05, 3.63) is 120 Å². The second-order valence-electron chi connectivity index (χ2n) is 8.91. The molecule has 1 heterocycles. The first-order valence-corrected chi connectivity index (χ1v) is 13.4. The number of hydrogen-bond donors (Lipinski definition) is 1. The van der Waals surface area contributed by atoms with Crippen LogP contribution in [0, 0.1) is 0 Å². The number of nitrogens with zero attached hydrogens (tertiary/aromatic N) is 1. The Morgan fingerprint density at radius 3 is 1.76 bits per heavy atom. The fraction of sp³-hybridized carbons (Fsp3) is 0.179. The van der Waals surface area contributed by atoms with Crippen LogP contribution < -0.4 is 14.2 Å². The van der Waals surface area contributed by atoms with E-state index in [4.69, 9.17) is 0 Å². The summed E-state index contributed by atoms with van der Waals surface area (Å²) in [7, 11) is -4.21. The molecule has 0 radical (unpaired) electrons. The van der Waals surface area contributed by atoms with E-state index in [0.29, 0.717) is 5.56 Å². The molecule has 0 bridgehead atoms. The van der Waals surface area contributed by atoms with Gasteiger partial charge < -0.3 is 9.47 Å². The molecular formula is C28H22F6N2O4S. The molecule has 0 unspecified atom stereocenters. The summed E-state index contributed by atoms with van der Waals surface area (Å²) < 4.78 is 116. The summed E-state index contributed by atoms with van der Waals surface area (Å²) in [4.78, 5) is 3.62. The Hall–Kier alpha value is -4.10. The zero-order valence-corrected chi connectivity index (χ0v) is 21.8. The van der Waals surface area contributed by atoms with Crippen molar-refractivity contribution >= 4 is 10.0 Å². The van der Waals surface area contributed by atoms with E-state index in [2.05, 4.69) is 19.2 Å². The van der Waals surface area contributed by atoms with Gasteiger partial charge in [-0.1, -0.05) is 54.6 Å². The van der Waals surface area contributed by atoms with Crippen LogP contribution in [0.2, 0.25) is 0 Å². The largest absolute Gasteiger partial charge is 0.573 e. The molecule has 0 atom stereocenters. The van der Waals surface area contributed by atoms with Gasteiger partial charge in [0, 0.05) is 24.4 Å². The average molecular weight is 597 g/mol. The molecule has 13 heteroatoms. The molecule has 1 N–H and O–H groups in total. The first kappa shape index (κ1) is 29.9. The number of sulfonamides is 1. The molecule has 0 aliphatic carbocycles. The minimum absolute atomic E-state index is 0.0334. The number of rotatable bonds is 10. The van der Waals surface area contributed by atoms with E-state index < -0.39 is 46.2 Å². The van der Waals surface area contributed by atoms with Crippen LogP contribution in [0.15, 0.2) is 108 Å². The molecule has 0 saturated heterocycles. The predicted octanol–water partition coefficient (Wildman–Crippen LogP) is 6.39. The Kier molecular flexibility index (Phi) is 8.59. The molecule has 3 aromatic carbocycles. The van der Waals surface area contributed by atoms with Gasteiger partial charge in [0.25, 0.3) is 0 Å². The summed E-state index contributed by atoms with van der Waals surface area (Å²) in [5, 5.41) is 0. The Morgan fingerprint density at radius 2 is 1.27 bits per heavy atom. The van der Waals surface area contributed by atoms with E-state index >= 15 is 0 Å². The lowest BCUT2D eigenvalue weighted by Gasteiger charge is -2.36. The third-order valence-electron chi connectivity index (χ3n) is 6.10. The minimum Gasteiger partial charge on any atom is -0.406 e. The predicted molar refractivity (Wildman–Crippen MR) is 137 cm³/mol. The van der Waals surface area contributed by atoms with E-state index in [-0.39, 0.29) is 22.4 Å². The normalized spacial score (nSPS) is 12.6. The molecule has 6 nitrogen and oxygen atoms in total. The maximum absolute atomic E-state index is 13.2. The SMILES string of the molecule is O=S(=O)(NCC(Cc1ccccc1)(c1cccc(OC(F)(F)F)c1)c1cccc(OC(F)(F)F)c1)c1cccnc1. The number of hydrogen-bond acceptors (Lipinski definition) is 5. The number of pyridine rings is 1.